The zero-order valence-corrected chi connectivity index (χ0v) is 17.4. The van der Waals surface area contributed by atoms with E-state index in [9.17, 15) is 12.8 Å². The monoisotopic (exact) mass is 424 g/mol. The molecular weight excluding hydrogens is 395 g/mol. The Morgan fingerprint density at radius 3 is 2.79 bits per heavy atom. The average Bonchev–Trinajstić information content (AvgIpc) is 3.14. The minimum Gasteiger partial charge on any atom is -0.383 e. The van der Waals surface area contributed by atoms with E-state index in [1.54, 1.807) is 4.57 Å². The molecule has 10 heteroatoms. The van der Waals surface area contributed by atoms with Gasteiger partial charge in [-0.2, -0.15) is 0 Å². The van der Waals surface area contributed by atoms with Crippen LogP contribution in [-0.2, 0) is 23.0 Å². The first-order valence-electron chi connectivity index (χ1n) is 9.86. The highest BCUT2D eigenvalue weighted by atomic mass is 32.2. The van der Waals surface area contributed by atoms with Crippen molar-refractivity contribution in [1.29, 1.82) is 5.41 Å². The molecular formula is C19H29FN6O2S. The average molecular weight is 425 g/mol. The van der Waals surface area contributed by atoms with Gasteiger partial charge in [0.05, 0.1) is 5.75 Å². The number of alkyl halides is 1. The number of hydrogen-bond donors (Lipinski definition) is 4. The van der Waals surface area contributed by atoms with Crippen molar-refractivity contribution >= 4 is 21.7 Å². The van der Waals surface area contributed by atoms with Crippen molar-refractivity contribution in [3.63, 3.8) is 0 Å². The third-order valence-corrected chi connectivity index (χ3v) is 6.67. The van der Waals surface area contributed by atoms with Crippen LogP contribution in [-0.4, -0.2) is 35.7 Å². The van der Waals surface area contributed by atoms with Crippen LogP contribution in [0.1, 0.15) is 50.5 Å². The number of sulfonamides is 1. The molecule has 2 atom stereocenters. The van der Waals surface area contributed by atoms with E-state index in [1.807, 2.05) is 6.08 Å². The topological polar surface area (TPSA) is 154 Å². The van der Waals surface area contributed by atoms with Crippen LogP contribution in [0.25, 0.3) is 0 Å². The number of anilines is 1. The molecule has 0 bridgehead atoms. The van der Waals surface area contributed by atoms with E-state index in [-0.39, 0.29) is 29.5 Å². The van der Waals surface area contributed by atoms with Gasteiger partial charge in [0.1, 0.15) is 29.3 Å². The molecule has 1 aromatic rings. The van der Waals surface area contributed by atoms with Crippen LogP contribution in [0, 0.1) is 11.3 Å². The Kier molecular flexibility index (Phi) is 6.13. The van der Waals surface area contributed by atoms with E-state index >= 15 is 0 Å². The van der Waals surface area contributed by atoms with Crippen molar-refractivity contribution in [1.82, 2.24) is 9.55 Å². The summed E-state index contributed by atoms with van der Waals surface area (Å²) < 4.78 is 38.5. The maximum Gasteiger partial charge on any atom is 0.209 e. The number of aromatic nitrogens is 2. The second-order valence-corrected chi connectivity index (χ2v) is 9.55. The third-order valence-electron chi connectivity index (χ3n) is 5.81. The van der Waals surface area contributed by atoms with Crippen LogP contribution in [0.5, 0.6) is 0 Å². The number of rotatable bonds is 8. The first kappa shape index (κ1) is 21.5. The van der Waals surface area contributed by atoms with Gasteiger partial charge in [-0.05, 0) is 43.6 Å². The Morgan fingerprint density at radius 2 is 2.17 bits per heavy atom. The number of hydrogen-bond acceptors (Lipinski definition) is 5. The predicted molar refractivity (Wildman–Crippen MR) is 112 cm³/mol. The molecule has 1 aromatic heterocycles. The number of halogens is 1. The van der Waals surface area contributed by atoms with Gasteiger partial charge < -0.3 is 16.0 Å². The highest BCUT2D eigenvalue weighted by molar-refractivity contribution is 7.89. The van der Waals surface area contributed by atoms with Crippen molar-refractivity contribution in [2.45, 2.75) is 58.2 Å². The number of nitrogens with one attached hydrogen (secondary N) is 1. The summed E-state index contributed by atoms with van der Waals surface area (Å²) in [5.74, 6) is 0.707. The molecule has 0 saturated carbocycles. The molecule has 7 N–H and O–H groups in total. The van der Waals surface area contributed by atoms with E-state index in [1.165, 1.54) is 5.57 Å². The lowest BCUT2D eigenvalue weighted by molar-refractivity contribution is 0.384. The first-order valence-corrected chi connectivity index (χ1v) is 11.6. The van der Waals surface area contributed by atoms with Gasteiger partial charge in [0.15, 0.2) is 0 Å². The largest absolute Gasteiger partial charge is 0.383 e. The van der Waals surface area contributed by atoms with Crippen LogP contribution >= 0.6 is 0 Å². The number of allylic oxidation sites excluding steroid dienone is 4. The Labute approximate surface area is 170 Å². The number of amidine groups is 1. The highest BCUT2D eigenvalue weighted by Gasteiger charge is 2.31. The van der Waals surface area contributed by atoms with Crippen molar-refractivity contribution in [3.05, 3.63) is 34.3 Å². The van der Waals surface area contributed by atoms with Gasteiger partial charge in [0.2, 0.25) is 10.0 Å². The van der Waals surface area contributed by atoms with Crippen molar-refractivity contribution in [2.75, 3.05) is 11.5 Å². The Morgan fingerprint density at radius 1 is 1.45 bits per heavy atom. The molecule has 0 amide bonds. The summed E-state index contributed by atoms with van der Waals surface area (Å²) in [4.78, 5) is 4.45. The summed E-state index contributed by atoms with van der Waals surface area (Å²) in [7, 11) is -3.59. The van der Waals surface area contributed by atoms with Crippen LogP contribution in [0.3, 0.4) is 0 Å². The maximum absolute atomic E-state index is 14.3. The fourth-order valence-electron chi connectivity index (χ4n) is 4.29. The molecule has 2 aliphatic carbocycles. The van der Waals surface area contributed by atoms with Gasteiger partial charge in [-0.15, -0.1) is 0 Å². The molecule has 3 rings (SSSR count). The van der Waals surface area contributed by atoms with Gasteiger partial charge in [-0.3, -0.25) is 5.41 Å². The Bertz CT molecular complexity index is 979. The van der Waals surface area contributed by atoms with E-state index in [0.717, 1.165) is 30.4 Å². The highest BCUT2D eigenvalue weighted by Crippen LogP contribution is 2.42. The second-order valence-electron chi connectivity index (χ2n) is 7.82. The van der Waals surface area contributed by atoms with Gasteiger partial charge in [0.25, 0.3) is 0 Å². The Balaban J connectivity index is 1.91. The molecule has 2 unspecified atom stereocenters. The van der Waals surface area contributed by atoms with Gasteiger partial charge in [-0.1, -0.05) is 24.1 Å². The lowest BCUT2D eigenvalue weighted by atomic mass is 9.81. The lowest BCUT2D eigenvalue weighted by Crippen LogP contribution is -2.20. The summed E-state index contributed by atoms with van der Waals surface area (Å²) in [5.41, 5.74) is 15.0. The van der Waals surface area contributed by atoms with Crippen molar-refractivity contribution < 1.29 is 12.8 Å². The van der Waals surface area contributed by atoms with E-state index in [2.05, 4.69) is 11.9 Å². The molecule has 0 spiro atoms. The van der Waals surface area contributed by atoms with Crippen LogP contribution in [0.15, 0.2) is 22.8 Å². The van der Waals surface area contributed by atoms with Crippen molar-refractivity contribution in [3.8, 4) is 0 Å². The van der Waals surface area contributed by atoms with Gasteiger partial charge in [-0.25, -0.2) is 22.9 Å². The van der Waals surface area contributed by atoms with E-state index < -0.39 is 16.2 Å². The summed E-state index contributed by atoms with van der Waals surface area (Å²) >= 11 is 0. The standard InChI is InChI=1S/C19H29FN6O2S/c1-2-11-8-12-4-5-15(20)14(12)9-13(11)10-16-25-17(18(21)22)19(23)26(16)6-3-7-29(24,27)28/h9,11,15H,2-8,10,23H2,1H3,(H3,21,22)(H2,24,27,28). The molecule has 8 nitrogen and oxygen atoms in total. The smallest absolute Gasteiger partial charge is 0.209 e. The molecule has 0 aliphatic heterocycles. The first-order chi connectivity index (χ1) is 13.6. The molecule has 0 fully saturated rings. The molecule has 0 radical (unpaired) electrons. The predicted octanol–water partition coefficient (Wildman–Crippen LogP) is 1.76. The zero-order chi connectivity index (χ0) is 21.3. The van der Waals surface area contributed by atoms with Crippen LogP contribution < -0.4 is 16.6 Å². The minimum absolute atomic E-state index is 0.181. The minimum atomic E-state index is -3.59. The molecule has 29 heavy (non-hydrogen) atoms. The molecule has 2 aliphatic rings. The summed E-state index contributed by atoms with van der Waals surface area (Å²) in [6.07, 6.45) is 4.94. The number of nitrogen functional groups attached to an aromatic ring is 2. The number of nitrogens with two attached hydrogens (primary N) is 3. The van der Waals surface area contributed by atoms with E-state index in [0.29, 0.717) is 31.1 Å². The molecule has 0 saturated heterocycles. The number of primary sulfonamides is 1. The Hall–Kier alpha value is -2.20. The summed E-state index contributed by atoms with van der Waals surface area (Å²) in [5, 5.41) is 12.8. The quantitative estimate of drug-likeness (QED) is 0.370. The summed E-state index contributed by atoms with van der Waals surface area (Å²) in [6, 6.07) is 0. The van der Waals surface area contributed by atoms with Gasteiger partial charge in [0, 0.05) is 13.0 Å². The molecule has 0 aromatic carbocycles. The molecule has 160 valence electrons. The van der Waals surface area contributed by atoms with Crippen LogP contribution in [0.2, 0.25) is 0 Å². The van der Waals surface area contributed by atoms with E-state index in [4.69, 9.17) is 22.0 Å². The van der Waals surface area contributed by atoms with Gasteiger partial charge >= 0.3 is 0 Å². The van der Waals surface area contributed by atoms with Crippen LogP contribution in [0.4, 0.5) is 10.2 Å². The number of imidazole rings is 1. The second kappa shape index (κ2) is 8.27. The zero-order valence-electron chi connectivity index (χ0n) is 16.6. The fourth-order valence-corrected chi connectivity index (χ4v) is 4.82. The summed E-state index contributed by atoms with van der Waals surface area (Å²) in [6.45, 7) is 2.40. The fraction of sp³-hybridized carbons (Fsp3) is 0.579. The third kappa shape index (κ3) is 4.69. The molecule has 1 heterocycles. The normalized spacial score (nSPS) is 22.0. The number of nitrogens with zero attached hydrogens (tertiary/aromatic N) is 2. The SMILES string of the molecule is CCC1CC2=C(C=C1Cc1nc(C(=N)N)c(N)n1CCCS(N)(=O)=O)C(F)CC2. The maximum atomic E-state index is 14.3. The lowest BCUT2D eigenvalue weighted by Gasteiger charge is -2.25. The van der Waals surface area contributed by atoms with Crippen molar-refractivity contribution in [2.24, 2.45) is 16.8 Å².